The topological polar surface area (TPSA) is 12.0 Å². The molecule has 1 heterocycles. The lowest BCUT2D eigenvalue weighted by Crippen LogP contribution is -2.11. The molecule has 1 fully saturated rings. The van der Waals surface area contributed by atoms with Gasteiger partial charge in [-0.25, -0.2) is 13.2 Å². The second kappa shape index (κ2) is 4.23. The number of nitrogens with one attached hydrogen (secondary N) is 1. The second-order valence-corrected chi connectivity index (χ2v) is 3.94. The van der Waals surface area contributed by atoms with Gasteiger partial charge in [0.05, 0.1) is 0 Å². The molecule has 2 rings (SSSR count). The minimum atomic E-state index is -1.39. The third kappa shape index (κ3) is 2.31. The fourth-order valence-corrected chi connectivity index (χ4v) is 1.95. The van der Waals surface area contributed by atoms with Crippen molar-refractivity contribution >= 4 is 0 Å². The molecule has 1 unspecified atom stereocenters. The normalized spacial score (nSPS) is 20.9. The largest absolute Gasteiger partial charge is 0.316 e. The zero-order valence-electron chi connectivity index (χ0n) is 8.19. The third-order valence-electron chi connectivity index (χ3n) is 2.73. The number of halogens is 3. The maximum Gasteiger partial charge on any atom is 0.194 e. The first-order valence-corrected chi connectivity index (χ1v) is 5.01. The first kappa shape index (κ1) is 10.5. The molecule has 1 N–H and O–H groups in total. The van der Waals surface area contributed by atoms with Gasteiger partial charge in [-0.3, -0.25) is 0 Å². The van der Waals surface area contributed by atoms with E-state index >= 15 is 0 Å². The summed E-state index contributed by atoms with van der Waals surface area (Å²) in [6, 6.07) is 2.16. The van der Waals surface area contributed by atoms with Crippen LogP contribution < -0.4 is 5.32 Å². The molecule has 1 aliphatic heterocycles. The lowest BCUT2D eigenvalue weighted by atomic mass is 9.98. The van der Waals surface area contributed by atoms with Crippen LogP contribution in [0, 0.1) is 23.4 Å². The van der Waals surface area contributed by atoms with Crippen molar-refractivity contribution < 1.29 is 13.2 Å². The minimum absolute atomic E-state index is 0.397. The molecule has 0 amide bonds. The summed E-state index contributed by atoms with van der Waals surface area (Å²) in [6.45, 7) is 1.80. The molecule has 4 heteroatoms. The lowest BCUT2D eigenvalue weighted by Gasteiger charge is -2.08. The van der Waals surface area contributed by atoms with Crippen LogP contribution in [0.1, 0.15) is 12.0 Å². The molecule has 1 nitrogen and oxygen atoms in total. The molecule has 15 heavy (non-hydrogen) atoms. The summed E-state index contributed by atoms with van der Waals surface area (Å²) in [5.41, 5.74) is 0.528. The molecule has 0 radical (unpaired) electrons. The van der Waals surface area contributed by atoms with Crippen molar-refractivity contribution in [2.45, 2.75) is 12.8 Å². The van der Waals surface area contributed by atoms with Crippen molar-refractivity contribution in [1.29, 1.82) is 0 Å². The average molecular weight is 215 g/mol. The third-order valence-corrected chi connectivity index (χ3v) is 2.73. The van der Waals surface area contributed by atoms with Crippen LogP contribution in [0.25, 0.3) is 0 Å². The van der Waals surface area contributed by atoms with Crippen LogP contribution >= 0.6 is 0 Å². The van der Waals surface area contributed by atoms with Crippen LogP contribution in [0.2, 0.25) is 0 Å². The molecule has 0 spiro atoms. The molecular formula is C11H12F3N. The molecule has 1 aliphatic rings. The van der Waals surface area contributed by atoms with E-state index in [9.17, 15) is 13.2 Å². The highest BCUT2D eigenvalue weighted by atomic mass is 19.2. The van der Waals surface area contributed by atoms with E-state index in [0.717, 1.165) is 31.6 Å². The average Bonchev–Trinajstić information content (AvgIpc) is 2.66. The Kier molecular flexibility index (Phi) is 2.95. The standard InChI is InChI=1S/C11H12F3N/c12-9-4-8(5-10(13)11(9)14)3-7-1-2-15-6-7/h4-5,7,15H,1-3,6H2. The van der Waals surface area contributed by atoms with E-state index in [1.165, 1.54) is 0 Å². The van der Waals surface area contributed by atoms with Gasteiger partial charge in [0.25, 0.3) is 0 Å². The van der Waals surface area contributed by atoms with Gasteiger partial charge in [-0.2, -0.15) is 0 Å². The van der Waals surface area contributed by atoms with Gasteiger partial charge in [0.1, 0.15) is 0 Å². The number of rotatable bonds is 2. The van der Waals surface area contributed by atoms with Crippen LogP contribution in [0.15, 0.2) is 12.1 Å². The van der Waals surface area contributed by atoms with E-state index in [1.807, 2.05) is 0 Å². The van der Waals surface area contributed by atoms with Crippen molar-refractivity contribution in [1.82, 2.24) is 5.32 Å². The molecule has 0 aliphatic carbocycles. The van der Waals surface area contributed by atoms with Crippen molar-refractivity contribution in [2.24, 2.45) is 5.92 Å². The quantitative estimate of drug-likeness (QED) is 0.746. The molecule has 0 saturated carbocycles. The van der Waals surface area contributed by atoms with Gasteiger partial charge in [0, 0.05) is 0 Å². The Morgan fingerprint density at radius 2 is 1.87 bits per heavy atom. The molecule has 1 aromatic carbocycles. The zero-order chi connectivity index (χ0) is 10.8. The van der Waals surface area contributed by atoms with Crippen molar-refractivity contribution in [2.75, 3.05) is 13.1 Å². The van der Waals surface area contributed by atoms with Crippen LogP contribution in [0.3, 0.4) is 0 Å². The van der Waals surface area contributed by atoms with Crippen molar-refractivity contribution in [3.63, 3.8) is 0 Å². The summed E-state index contributed by atoms with van der Waals surface area (Å²) in [5, 5.41) is 3.17. The fourth-order valence-electron chi connectivity index (χ4n) is 1.95. The maximum absolute atomic E-state index is 12.9. The molecule has 0 bridgehead atoms. The minimum Gasteiger partial charge on any atom is -0.316 e. The highest BCUT2D eigenvalue weighted by molar-refractivity contribution is 5.20. The highest BCUT2D eigenvalue weighted by Gasteiger charge is 2.17. The number of benzene rings is 1. The summed E-state index contributed by atoms with van der Waals surface area (Å²) in [6.07, 6.45) is 1.60. The summed E-state index contributed by atoms with van der Waals surface area (Å²) in [5.74, 6) is -3.19. The van der Waals surface area contributed by atoms with Crippen molar-refractivity contribution in [3.8, 4) is 0 Å². The Balaban J connectivity index is 2.14. The van der Waals surface area contributed by atoms with E-state index in [0.29, 0.717) is 17.9 Å². The lowest BCUT2D eigenvalue weighted by molar-refractivity contribution is 0.443. The SMILES string of the molecule is Fc1cc(CC2CCNC2)cc(F)c1F. The van der Waals surface area contributed by atoms with E-state index in [1.54, 1.807) is 0 Å². The van der Waals surface area contributed by atoms with Gasteiger partial charge in [-0.1, -0.05) is 0 Å². The van der Waals surface area contributed by atoms with E-state index in [-0.39, 0.29) is 0 Å². The predicted octanol–water partition coefficient (Wildman–Crippen LogP) is 2.26. The Morgan fingerprint density at radius 3 is 2.40 bits per heavy atom. The first-order chi connectivity index (χ1) is 7.16. The second-order valence-electron chi connectivity index (χ2n) is 3.94. The fraction of sp³-hybridized carbons (Fsp3) is 0.455. The van der Waals surface area contributed by atoms with Gasteiger partial charge < -0.3 is 5.32 Å². The Morgan fingerprint density at radius 1 is 1.20 bits per heavy atom. The summed E-state index contributed by atoms with van der Waals surface area (Å²) in [7, 11) is 0. The van der Waals surface area contributed by atoms with Gasteiger partial charge in [-0.05, 0) is 49.5 Å². The highest BCUT2D eigenvalue weighted by Crippen LogP contribution is 2.19. The van der Waals surface area contributed by atoms with Crippen LogP contribution in [0.4, 0.5) is 13.2 Å². The molecule has 0 aromatic heterocycles. The summed E-state index contributed by atoms with van der Waals surface area (Å²) >= 11 is 0. The van der Waals surface area contributed by atoms with E-state index in [4.69, 9.17) is 0 Å². The smallest absolute Gasteiger partial charge is 0.194 e. The van der Waals surface area contributed by atoms with Gasteiger partial charge in [0.2, 0.25) is 0 Å². The first-order valence-electron chi connectivity index (χ1n) is 5.01. The van der Waals surface area contributed by atoms with Crippen LogP contribution in [0.5, 0.6) is 0 Å². The summed E-state index contributed by atoms with van der Waals surface area (Å²) < 4.78 is 38.4. The van der Waals surface area contributed by atoms with Crippen LogP contribution in [-0.2, 0) is 6.42 Å². The van der Waals surface area contributed by atoms with Gasteiger partial charge in [0.15, 0.2) is 17.5 Å². The molecule has 1 saturated heterocycles. The predicted molar refractivity (Wildman–Crippen MR) is 51.0 cm³/mol. The number of hydrogen-bond donors (Lipinski definition) is 1. The Labute approximate surface area is 86.3 Å². The molecule has 1 aromatic rings. The van der Waals surface area contributed by atoms with E-state index < -0.39 is 17.5 Å². The monoisotopic (exact) mass is 215 g/mol. The molecule has 1 atom stereocenters. The maximum atomic E-state index is 12.9. The number of hydrogen-bond acceptors (Lipinski definition) is 1. The molecular weight excluding hydrogens is 203 g/mol. The van der Waals surface area contributed by atoms with E-state index in [2.05, 4.69) is 5.32 Å². The molecule has 82 valence electrons. The van der Waals surface area contributed by atoms with Crippen LogP contribution in [-0.4, -0.2) is 13.1 Å². The zero-order valence-corrected chi connectivity index (χ0v) is 8.19. The summed E-state index contributed by atoms with van der Waals surface area (Å²) in [4.78, 5) is 0. The van der Waals surface area contributed by atoms with Gasteiger partial charge in [-0.15, -0.1) is 0 Å². The Hall–Kier alpha value is -1.03. The van der Waals surface area contributed by atoms with Crippen molar-refractivity contribution in [3.05, 3.63) is 35.1 Å². The Bertz CT molecular complexity index is 336. The van der Waals surface area contributed by atoms with Gasteiger partial charge >= 0.3 is 0 Å².